The fourth-order valence-electron chi connectivity index (χ4n) is 3.04. The minimum absolute atomic E-state index is 0.198. The lowest BCUT2D eigenvalue weighted by Gasteiger charge is -2.08. The third-order valence-electron chi connectivity index (χ3n) is 4.58. The van der Waals surface area contributed by atoms with Crippen LogP contribution in [-0.4, -0.2) is 31.4 Å². The van der Waals surface area contributed by atoms with Crippen molar-refractivity contribution in [3.05, 3.63) is 90.4 Å². The van der Waals surface area contributed by atoms with Gasteiger partial charge in [-0.1, -0.05) is 48.5 Å². The second-order valence-corrected chi connectivity index (χ2v) is 6.94. The number of hydrogen-bond donors (Lipinski definition) is 2. The number of rotatable bonds is 5. The van der Waals surface area contributed by atoms with Gasteiger partial charge in [-0.3, -0.25) is 25.1 Å². The molecule has 0 radical (unpaired) electrons. The Morgan fingerprint density at radius 1 is 0.879 bits per heavy atom. The molecule has 11 heteroatoms. The molecule has 4 rings (SSSR count). The summed E-state index contributed by atoms with van der Waals surface area (Å²) in [7, 11) is 0. The quantitative estimate of drug-likeness (QED) is 0.453. The molecule has 0 bridgehead atoms. The molecule has 2 amide bonds. The van der Waals surface area contributed by atoms with Crippen molar-refractivity contribution in [3.8, 4) is 16.9 Å². The average Bonchev–Trinajstić information content (AvgIpc) is 3.46. The van der Waals surface area contributed by atoms with E-state index in [1.54, 1.807) is 28.9 Å². The van der Waals surface area contributed by atoms with E-state index in [4.69, 9.17) is 0 Å². The van der Waals surface area contributed by atoms with Crippen LogP contribution in [0.2, 0.25) is 0 Å². The molecule has 0 saturated carbocycles. The SMILES string of the molecule is O=C(Cn1ccc(C(F)(F)F)n1)NNC(=O)c1cn(-c2ccccc2)nc1-c1ccccc1. The highest BCUT2D eigenvalue weighted by Crippen LogP contribution is 2.27. The Labute approximate surface area is 185 Å². The summed E-state index contributed by atoms with van der Waals surface area (Å²) in [4.78, 5) is 24.9. The molecule has 2 N–H and O–H groups in total. The summed E-state index contributed by atoms with van der Waals surface area (Å²) in [5, 5.41) is 7.82. The Bertz CT molecular complexity index is 1270. The van der Waals surface area contributed by atoms with E-state index in [0.29, 0.717) is 11.3 Å². The fraction of sp³-hybridized carbons (Fsp3) is 0.0909. The Morgan fingerprint density at radius 3 is 2.18 bits per heavy atom. The summed E-state index contributed by atoms with van der Waals surface area (Å²) in [5.74, 6) is -1.39. The van der Waals surface area contributed by atoms with Crippen molar-refractivity contribution in [3.63, 3.8) is 0 Å². The van der Waals surface area contributed by atoms with Crippen molar-refractivity contribution < 1.29 is 22.8 Å². The van der Waals surface area contributed by atoms with Crippen LogP contribution in [-0.2, 0) is 17.5 Å². The zero-order chi connectivity index (χ0) is 23.4. The molecule has 168 valence electrons. The maximum absolute atomic E-state index is 12.8. The Balaban J connectivity index is 1.50. The molecule has 0 spiro atoms. The summed E-state index contributed by atoms with van der Waals surface area (Å²) >= 11 is 0. The highest BCUT2D eigenvalue weighted by atomic mass is 19.4. The number of carbonyl (C=O) groups is 2. The second-order valence-electron chi connectivity index (χ2n) is 6.94. The van der Waals surface area contributed by atoms with E-state index in [-0.39, 0.29) is 5.56 Å². The van der Waals surface area contributed by atoms with Gasteiger partial charge >= 0.3 is 6.18 Å². The van der Waals surface area contributed by atoms with E-state index in [9.17, 15) is 22.8 Å². The molecule has 0 unspecified atom stereocenters. The van der Waals surface area contributed by atoms with Gasteiger partial charge in [0.25, 0.3) is 11.8 Å². The Morgan fingerprint density at radius 2 is 1.55 bits per heavy atom. The number of amides is 2. The largest absolute Gasteiger partial charge is 0.435 e. The van der Waals surface area contributed by atoms with Crippen LogP contribution in [0.3, 0.4) is 0 Å². The molecule has 4 aromatic rings. The molecule has 2 aromatic heterocycles. The van der Waals surface area contributed by atoms with Crippen molar-refractivity contribution in [1.82, 2.24) is 30.4 Å². The molecule has 2 aromatic carbocycles. The third-order valence-corrected chi connectivity index (χ3v) is 4.58. The van der Waals surface area contributed by atoms with Crippen LogP contribution in [0.4, 0.5) is 13.2 Å². The number of hydrogen-bond acceptors (Lipinski definition) is 4. The van der Waals surface area contributed by atoms with Crippen LogP contribution < -0.4 is 10.9 Å². The van der Waals surface area contributed by atoms with Gasteiger partial charge in [0, 0.05) is 18.0 Å². The number of aromatic nitrogens is 4. The maximum atomic E-state index is 12.8. The van der Waals surface area contributed by atoms with E-state index >= 15 is 0 Å². The molecule has 0 atom stereocenters. The highest BCUT2D eigenvalue weighted by Gasteiger charge is 2.33. The smallest absolute Gasteiger partial charge is 0.271 e. The zero-order valence-electron chi connectivity index (χ0n) is 17.0. The fourth-order valence-corrected chi connectivity index (χ4v) is 3.04. The molecule has 33 heavy (non-hydrogen) atoms. The Hall–Kier alpha value is -4.41. The summed E-state index contributed by atoms with van der Waals surface area (Å²) in [5.41, 5.74) is 5.37. The standard InChI is InChI=1S/C22H17F3N6O2/c23-22(24,25)18-11-12-30(28-18)14-19(32)26-27-21(33)17-13-31(16-9-5-2-6-10-16)29-20(17)15-7-3-1-4-8-15/h1-13H,14H2,(H,26,32)(H,27,33). The van der Waals surface area contributed by atoms with Crippen molar-refractivity contribution in [2.45, 2.75) is 12.7 Å². The molecular formula is C22H17F3N6O2. The number of halogens is 3. The number of para-hydroxylation sites is 1. The van der Waals surface area contributed by atoms with E-state index in [1.165, 1.54) is 6.20 Å². The van der Waals surface area contributed by atoms with Gasteiger partial charge in [-0.15, -0.1) is 0 Å². The zero-order valence-corrected chi connectivity index (χ0v) is 17.0. The van der Waals surface area contributed by atoms with Crippen molar-refractivity contribution in [1.29, 1.82) is 0 Å². The van der Waals surface area contributed by atoms with Crippen molar-refractivity contribution in [2.75, 3.05) is 0 Å². The molecule has 0 fully saturated rings. The van der Waals surface area contributed by atoms with E-state index in [2.05, 4.69) is 21.0 Å². The predicted molar refractivity (Wildman–Crippen MR) is 112 cm³/mol. The van der Waals surface area contributed by atoms with Crippen LogP contribution in [0.15, 0.2) is 79.1 Å². The summed E-state index contributed by atoms with van der Waals surface area (Å²) in [6, 6.07) is 19.0. The first-order valence-corrected chi connectivity index (χ1v) is 9.71. The van der Waals surface area contributed by atoms with Crippen LogP contribution in [0, 0.1) is 0 Å². The van der Waals surface area contributed by atoms with Gasteiger partial charge in [-0.05, 0) is 18.2 Å². The lowest BCUT2D eigenvalue weighted by Crippen LogP contribution is -2.43. The molecule has 0 aliphatic heterocycles. The van der Waals surface area contributed by atoms with Gasteiger partial charge < -0.3 is 0 Å². The highest BCUT2D eigenvalue weighted by molar-refractivity contribution is 6.00. The topological polar surface area (TPSA) is 93.8 Å². The number of alkyl halides is 3. The van der Waals surface area contributed by atoms with Gasteiger partial charge in [-0.25, -0.2) is 4.68 Å². The van der Waals surface area contributed by atoms with Crippen molar-refractivity contribution in [2.24, 2.45) is 0 Å². The Kier molecular flexibility index (Phi) is 5.94. The number of hydrazine groups is 1. The lowest BCUT2D eigenvalue weighted by atomic mass is 10.1. The number of nitrogens with zero attached hydrogens (tertiary/aromatic N) is 4. The van der Waals surface area contributed by atoms with Gasteiger partial charge in [0.05, 0.1) is 11.3 Å². The molecule has 0 aliphatic rings. The van der Waals surface area contributed by atoms with Crippen LogP contribution in [0.5, 0.6) is 0 Å². The molecule has 0 saturated heterocycles. The first kappa shape index (κ1) is 21.8. The summed E-state index contributed by atoms with van der Waals surface area (Å²) in [6.07, 6.45) is -2.05. The average molecular weight is 454 g/mol. The normalized spacial score (nSPS) is 11.2. The summed E-state index contributed by atoms with van der Waals surface area (Å²) < 4.78 is 40.3. The van der Waals surface area contributed by atoms with Crippen LogP contribution in [0.1, 0.15) is 16.1 Å². The minimum Gasteiger partial charge on any atom is -0.271 e. The maximum Gasteiger partial charge on any atom is 0.435 e. The van der Waals surface area contributed by atoms with Crippen LogP contribution in [0.25, 0.3) is 16.9 Å². The molecule has 2 heterocycles. The first-order valence-electron chi connectivity index (χ1n) is 9.71. The third kappa shape index (κ3) is 5.09. The number of carbonyl (C=O) groups excluding carboxylic acids is 2. The van der Waals surface area contributed by atoms with Gasteiger partial charge in [0.15, 0.2) is 5.69 Å². The summed E-state index contributed by atoms with van der Waals surface area (Å²) in [6.45, 7) is -0.509. The monoisotopic (exact) mass is 454 g/mol. The molecule has 8 nitrogen and oxygen atoms in total. The molecular weight excluding hydrogens is 437 g/mol. The van der Waals surface area contributed by atoms with E-state index in [0.717, 1.165) is 22.6 Å². The van der Waals surface area contributed by atoms with Gasteiger partial charge in [0.1, 0.15) is 12.2 Å². The first-order chi connectivity index (χ1) is 15.8. The second kappa shape index (κ2) is 8.99. The van der Waals surface area contributed by atoms with Crippen molar-refractivity contribution >= 4 is 11.8 Å². The molecule has 0 aliphatic carbocycles. The van der Waals surface area contributed by atoms with Gasteiger partial charge in [-0.2, -0.15) is 23.4 Å². The lowest BCUT2D eigenvalue weighted by molar-refractivity contribution is -0.141. The van der Waals surface area contributed by atoms with Gasteiger partial charge in [0.2, 0.25) is 0 Å². The van der Waals surface area contributed by atoms with Crippen LogP contribution >= 0.6 is 0 Å². The predicted octanol–water partition coefficient (Wildman–Crippen LogP) is 3.22. The number of nitrogens with one attached hydrogen (secondary N) is 2. The van der Waals surface area contributed by atoms with E-state index < -0.39 is 30.2 Å². The minimum atomic E-state index is -4.61. The van der Waals surface area contributed by atoms with E-state index in [1.807, 2.05) is 36.4 Å². The number of benzene rings is 2.